The first-order valence-electron chi connectivity index (χ1n) is 4.38. The van der Waals surface area contributed by atoms with Crippen LogP contribution in [0.15, 0.2) is 18.6 Å². The summed E-state index contributed by atoms with van der Waals surface area (Å²) >= 11 is 0. The van der Waals surface area contributed by atoms with E-state index in [9.17, 15) is 0 Å². The monoisotopic (exact) mass is 176 g/mol. The molecule has 3 N–H and O–H groups in total. The number of H-pyrrole nitrogens is 1. The average Bonchev–Trinajstić information content (AvgIpc) is 2.62. The summed E-state index contributed by atoms with van der Waals surface area (Å²) in [5, 5.41) is 8.06. The second-order valence-corrected chi connectivity index (χ2v) is 3.01. The van der Waals surface area contributed by atoms with Crippen LogP contribution >= 0.6 is 0 Å². The van der Waals surface area contributed by atoms with E-state index in [0.29, 0.717) is 6.54 Å². The molecule has 0 spiro atoms. The van der Waals surface area contributed by atoms with Gasteiger partial charge >= 0.3 is 0 Å². The highest BCUT2D eigenvalue weighted by atomic mass is 15.1. The lowest BCUT2D eigenvalue weighted by Gasteiger charge is -1.99. The van der Waals surface area contributed by atoms with Crippen LogP contribution in [0.4, 0.5) is 0 Å². The molecular weight excluding hydrogens is 164 g/mol. The van der Waals surface area contributed by atoms with E-state index in [1.807, 2.05) is 12.4 Å². The van der Waals surface area contributed by atoms with E-state index < -0.39 is 0 Å². The zero-order valence-electron chi connectivity index (χ0n) is 7.33. The Hall–Kier alpha value is -1.42. The predicted octanol–water partition coefficient (Wildman–Crippen LogP) is 0.849. The number of nitrogens with one attached hydrogen (secondary N) is 1. The summed E-state index contributed by atoms with van der Waals surface area (Å²) in [6.07, 6.45) is 7.51. The Kier molecular flexibility index (Phi) is 2.23. The maximum Gasteiger partial charge on any atom is 0.111 e. The molecule has 4 heteroatoms. The number of pyridine rings is 1. The van der Waals surface area contributed by atoms with E-state index in [1.54, 1.807) is 6.20 Å². The Labute approximate surface area is 76.2 Å². The maximum atomic E-state index is 5.45. The van der Waals surface area contributed by atoms with Gasteiger partial charge in [-0.2, -0.15) is 5.10 Å². The zero-order valence-corrected chi connectivity index (χ0v) is 7.33. The van der Waals surface area contributed by atoms with Crippen molar-refractivity contribution in [2.75, 3.05) is 6.54 Å². The number of rotatable bonds is 3. The van der Waals surface area contributed by atoms with E-state index in [-0.39, 0.29) is 0 Å². The molecule has 0 aliphatic carbocycles. The first kappa shape index (κ1) is 8.19. The third kappa shape index (κ3) is 1.53. The third-order valence-corrected chi connectivity index (χ3v) is 2.09. The number of hydrogen-bond acceptors (Lipinski definition) is 3. The maximum absolute atomic E-state index is 5.45. The summed E-state index contributed by atoms with van der Waals surface area (Å²) in [6, 6.07) is 0. The van der Waals surface area contributed by atoms with Crippen molar-refractivity contribution < 1.29 is 0 Å². The van der Waals surface area contributed by atoms with Gasteiger partial charge in [-0.05, 0) is 24.9 Å². The fourth-order valence-electron chi connectivity index (χ4n) is 1.42. The summed E-state index contributed by atoms with van der Waals surface area (Å²) in [6.45, 7) is 0.717. The molecular formula is C9H12N4. The van der Waals surface area contributed by atoms with E-state index in [4.69, 9.17) is 5.73 Å². The summed E-state index contributed by atoms with van der Waals surface area (Å²) in [5.41, 5.74) is 7.60. The van der Waals surface area contributed by atoms with Crippen LogP contribution in [0.1, 0.15) is 12.0 Å². The smallest absolute Gasteiger partial charge is 0.111 e. The number of nitrogens with two attached hydrogens (primary N) is 1. The van der Waals surface area contributed by atoms with Crippen LogP contribution in [-0.4, -0.2) is 21.7 Å². The molecule has 0 saturated heterocycles. The lowest BCUT2D eigenvalue weighted by atomic mass is 10.1. The normalized spacial score (nSPS) is 10.8. The highest BCUT2D eigenvalue weighted by Gasteiger charge is 2.02. The van der Waals surface area contributed by atoms with Crippen LogP contribution in [-0.2, 0) is 6.42 Å². The number of aryl methyl sites for hydroxylation is 1. The van der Waals surface area contributed by atoms with Crippen molar-refractivity contribution in [3.05, 3.63) is 24.2 Å². The highest BCUT2D eigenvalue weighted by Crippen LogP contribution is 2.15. The van der Waals surface area contributed by atoms with Gasteiger partial charge in [-0.25, -0.2) is 0 Å². The average molecular weight is 176 g/mol. The fourth-order valence-corrected chi connectivity index (χ4v) is 1.42. The number of aromatic amines is 1. The third-order valence-electron chi connectivity index (χ3n) is 2.09. The van der Waals surface area contributed by atoms with Gasteiger partial charge in [0.15, 0.2) is 0 Å². The molecule has 2 aromatic heterocycles. The van der Waals surface area contributed by atoms with Gasteiger partial charge in [-0.15, -0.1) is 0 Å². The van der Waals surface area contributed by atoms with Gasteiger partial charge in [0.05, 0.1) is 6.20 Å². The second-order valence-electron chi connectivity index (χ2n) is 3.01. The molecule has 4 nitrogen and oxygen atoms in total. The Balaban J connectivity index is 2.37. The van der Waals surface area contributed by atoms with Crippen molar-refractivity contribution in [3.8, 4) is 0 Å². The topological polar surface area (TPSA) is 67.6 Å². The second kappa shape index (κ2) is 3.53. The van der Waals surface area contributed by atoms with Gasteiger partial charge in [-0.1, -0.05) is 0 Å². The van der Waals surface area contributed by atoms with Crippen LogP contribution in [0.2, 0.25) is 0 Å². The minimum Gasteiger partial charge on any atom is -0.330 e. The lowest BCUT2D eigenvalue weighted by Crippen LogP contribution is -2.00. The van der Waals surface area contributed by atoms with Crippen molar-refractivity contribution in [2.24, 2.45) is 5.73 Å². The van der Waals surface area contributed by atoms with Gasteiger partial charge in [0, 0.05) is 17.8 Å². The standard InChI is InChI=1S/C9H12N4/c10-3-1-2-7-4-11-6-9-8(7)5-12-13-9/h4-6H,1-3,10H2,(H,12,13). The molecule has 0 aromatic carbocycles. The quantitative estimate of drug-likeness (QED) is 0.728. The molecule has 2 rings (SSSR count). The van der Waals surface area contributed by atoms with Crippen molar-refractivity contribution in [1.29, 1.82) is 0 Å². The largest absolute Gasteiger partial charge is 0.330 e. The predicted molar refractivity (Wildman–Crippen MR) is 51.3 cm³/mol. The molecule has 2 aromatic rings. The van der Waals surface area contributed by atoms with Crippen molar-refractivity contribution in [3.63, 3.8) is 0 Å². The van der Waals surface area contributed by atoms with E-state index in [2.05, 4.69) is 15.2 Å². The number of hydrogen-bond donors (Lipinski definition) is 2. The van der Waals surface area contributed by atoms with Gasteiger partial charge < -0.3 is 5.73 Å². The van der Waals surface area contributed by atoms with Crippen LogP contribution in [0, 0.1) is 0 Å². The lowest BCUT2D eigenvalue weighted by molar-refractivity contribution is 0.834. The summed E-state index contributed by atoms with van der Waals surface area (Å²) in [4.78, 5) is 4.11. The van der Waals surface area contributed by atoms with Crippen LogP contribution in [0.3, 0.4) is 0 Å². The minimum absolute atomic E-state index is 0.717. The van der Waals surface area contributed by atoms with Gasteiger partial charge in [0.1, 0.15) is 5.52 Å². The Morgan fingerprint density at radius 2 is 2.31 bits per heavy atom. The molecule has 13 heavy (non-hydrogen) atoms. The molecule has 0 saturated carbocycles. The Morgan fingerprint density at radius 1 is 1.38 bits per heavy atom. The fraction of sp³-hybridized carbons (Fsp3) is 0.333. The van der Waals surface area contributed by atoms with Crippen molar-refractivity contribution >= 4 is 10.9 Å². The molecule has 0 fully saturated rings. The van der Waals surface area contributed by atoms with Gasteiger partial charge in [0.25, 0.3) is 0 Å². The van der Waals surface area contributed by atoms with Crippen LogP contribution in [0.5, 0.6) is 0 Å². The molecule has 0 unspecified atom stereocenters. The number of fused-ring (bicyclic) bond motifs is 1. The Bertz CT molecular complexity index is 393. The van der Waals surface area contributed by atoms with Crippen molar-refractivity contribution in [1.82, 2.24) is 15.2 Å². The number of nitrogens with zero attached hydrogens (tertiary/aromatic N) is 2. The molecule has 0 radical (unpaired) electrons. The molecule has 0 aliphatic rings. The minimum atomic E-state index is 0.717. The molecule has 0 aliphatic heterocycles. The van der Waals surface area contributed by atoms with E-state index in [1.165, 1.54) is 5.56 Å². The summed E-state index contributed by atoms with van der Waals surface area (Å²) < 4.78 is 0. The van der Waals surface area contributed by atoms with Gasteiger partial charge in [-0.3, -0.25) is 10.1 Å². The summed E-state index contributed by atoms with van der Waals surface area (Å²) in [7, 11) is 0. The molecule has 68 valence electrons. The Morgan fingerprint density at radius 3 is 3.15 bits per heavy atom. The molecule has 0 amide bonds. The zero-order chi connectivity index (χ0) is 9.10. The molecule has 2 heterocycles. The van der Waals surface area contributed by atoms with E-state index >= 15 is 0 Å². The van der Waals surface area contributed by atoms with Crippen LogP contribution < -0.4 is 5.73 Å². The van der Waals surface area contributed by atoms with Crippen molar-refractivity contribution in [2.45, 2.75) is 12.8 Å². The van der Waals surface area contributed by atoms with Gasteiger partial charge in [0.2, 0.25) is 0 Å². The SMILES string of the molecule is NCCCc1cncc2n[nH]cc12. The van der Waals surface area contributed by atoms with Crippen LogP contribution in [0.25, 0.3) is 10.9 Å². The number of aromatic nitrogens is 3. The molecule has 0 bridgehead atoms. The van der Waals surface area contributed by atoms with E-state index in [0.717, 1.165) is 23.7 Å². The highest BCUT2D eigenvalue weighted by molar-refractivity contribution is 5.80. The molecule has 0 atom stereocenters. The summed E-state index contributed by atoms with van der Waals surface area (Å²) in [5.74, 6) is 0. The first-order valence-corrected chi connectivity index (χ1v) is 4.38. The first-order chi connectivity index (χ1) is 6.42.